The molecule has 0 bridgehead atoms. The number of hydrogen-bond donors (Lipinski definition) is 2. The highest BCUT2D eigenvalue weighted by Gasteiger charge is 2.35. The number of para-hydroxylation sites is 2. The first kappa shape index (κ1) is 28.0. The summed E-state index contributed by atoms with van der Waals surface area (Å²) >= 11 is 0. The Labute approximate surface area is 240 Å². The van der Waals surface area contributed by atoms with E-state index in [2.05, 4.69) is 134 Å². The molecule has 3 heteroatoms. The van der Waals surface area contributed by atoms with Crippen LogP contribution < -0.4 is 0 Å². The van der Waals surface area contributed by atoms with Gasteiger partial charge in [0.2, 0.25) is 0 Å². The summed E-state index contributed by atoms with van der Waals surface area (Å²) in [7, 11) is 4.49. The standard InChI is InChI=1S/C26H32N2.C11H13N/c1-4-10-23-22-13-8-9-14-24(22)27-25(23)21-15-17-26(18-16-21,28(2)3)19-20-11-6-5-7-12-20;1-2-5-9-8-12-11-7-4-3-6-10(9)11/h5-9,11-15,27H,4,10,16-19H2,1-3H3;3-4,6-8,12H,2,5H2,1H3. The molecule has 3 aromatic carbocycles. The largest absolute Gasteiger partial charge is 0.361 e. The van der Waals surface area contributed by atoms with Crippen LogP contribution in [0.5, 0.6) is 0 Å². The van der Waals surface area contributed by atoms with Crippen LogP contribution in [-0.4, -0.2) is 34.5 Å². The van der Waals surface area contributed by atoms with Crippen molar-refractivity contribution in [2.24, 2.45) is 0 Å². The number of nitrogens with zero attached hydrogens (tertiary/aromatic N) is 1. The number of likely N-dealkylation sites (N-methyl/N-ethyl adjacent to an activating group) is 1. The van der Waals surface area contributed by atoms with E-state index in [1.54, 1.807) is 0 Å². The summed E-state index contributed by atoms with van der Waals surface area (Å²) in [6, 6.07) is 28.2. The van der Waals surface area contributed by atoms with Crippen molar-refractivity contribution < 1.29 is 0 Å². The zero-order valence-corrected chi connectivity index (χ0v) is 24.8. The van der Waals surface area contributed by atoms with Crippen LogP contribution in [0.25, 0.3) is 27.4 Å². The van der Waals surface area contributed by atoms with Crippen LogP contribution in [0, 0.1) is 0 Å². The quantitative estimate of drug-likeness (QED) is 0.205. The minimum absolute atomic E-state index is 0.210. The summed E-state index contributed by atoms with van der Waals surface area (Å²) in [6.45, 7) is 4.49. The molecule has 1 aliphatic carbocycles. The van der Waals surface area contributed by atoms with Gasteiger partial charge in [-0.05, 0) is 87.0 Å². The third kappa shape index (κ3) is 5.95. The first-order chi connectivity index (χ1) is 19.5. The molecule has 1 unspecified atom stereocenters. The van der Waals surface area contributed by atoms with E-state index in [1.165, 1.54) is 75.4 Å². The second-order valence-corrected chi connectivity index (χ2v) is 11.6. The lowest BCUT2D eigenvalue weighted by Crippen LogP contribution is -2.47. The maximum Gasteiger partial charge on any atom is 0.0461 e. The highest BCUT2D eigenvalue weighted by atomic mass is 15.1. The number of aryl methyl sites for hydroxylation is 2. The Morgan fingerprint density at radius 2 is 1.45 bits per heavy atom. The minimum atomic E-state index is 0.210. The highest BCUT2D eigenvalue weighted by Crippen LogP contribution is 2.40. The minimum Gasteiger partial charge on any atom is -0.361 e. The van der Waals surface area contributed by atoms with Gasteiger partial charge in [-0.2, -0.15) is 0 Å². The number of rotatable bonds is 8. The Kier molecular flexibility index (Phi) is 8.91. The van der Waals surface area contributed by atoms with Gasteiger partial charge < -0.3 is 14.9 Å². The topological polar surface area (TPSA) is 34.8 Å². The van der Waals surface area contributed by atoms with Gasteiger partial charge in [-0.1, -0.05) is 99.5 Å². The molecule has 3 nitrogen and oxygen atoms in total. The van der Waals surface area contributed by atoms with E-state index in [-0.39, 0.29) is 5.54 Å². The monoisotopic (exact) mass is 531 g/mol. The maximum atomic E-state index is 3.74. The van der Waals surface area contributed by atoms with Crippen molar-refractivity contribution in [3.05, 3.63) is 114 Å². The van der Waals surface area contributed by atoms with Gasteiger partial charge in [0.1, 0.15) is 0 Å². The summed E-state index contributed by atoms with van der Waals surface area (Å²) in [4.78, 5) is 9.47. The van der Waals surface area contributed by atoms with Crippen molar-refractivity contribution in [3.63, 3.8) is 0 Å². The normalized spacial score (nSPS) is 17.2. The summed E-state index contributed by atoms with van der Waals surface area (Å²) < 4.78 is 0. The average molecular weight is 532 g/mol. The zero-order valence-electron chi connectivity index (χ0n) is 24.8. The fourth-order valence-electron chi connectivity index (χ4n) is 6.40. The summed E-state index contributed by atoms with van der Waals surface area (Å²) in [5, 5.41) is 2.77. The Bertz CT molecular complexity index is 1550. The van der Waals surface area contributed by atoms with E-state index < -0.39 is 0 Å². The van der Waals surface area contributed by atoms with Crippen LogP contribution in [0.4, 0.5) is 0 Å². The van der Waals surface area contributed by atoms with Crippen molar-refractivity contribution in [2.45, 2.75) is 70.8 Å². The molecule has 2 N–H and O–H groups in total. The van der Waals surface area contributed by atoms with Gasteiger partial charge in [-0.15, -0.1) is 0 Å². The number of aromatic amines is 2. The van der Waals surface area contributed by atoms with Crippen LogP contribution in [-0.2, 0) is 19.3 Å². The lowest BCUT2D eigenvalue weighted by molar-refractivity contribution is 0.138. The van der Waals surface area contributed by atoms with E-state index >= 15 is 0 Å². The molecule has 0 spiro atoms. The Morgan fingerprint density at radius 3 is 2.12 bits per heavy atom. The summed E-state index contributed by atoms with van der Waals surface area (Å²) in [5.41, 5.74) is 10.0. The number of fused-ring (bicyclic) bond motifs is 2. The van der Waals surface area contributed by atoms with Crippen molar-refractivity contribution in [1.82, 2.24) is 14.9 Å². The van der Waals surface area contributed by atoms with Crippen LogP contribution >= 0.6 is 0 Å². The number of benzene rings is 3. The van der Waals surface area contributed by atoms with Gasteiger partial charge in [-0.3, -0.25) is 0 Å². The third-order valence-electron chi connectivity index (χ3n) is 8.74. The number of allylic oxidation sites excluding steroid dienone is 1. The van der Waals surface area contributed by atoms with Gasteiger partial charge in [-0.25, -0.2) is 0 Å². The molecular weight excluding hydrogens is 486 g/mol. The van der Waals surface area contributed by atoms with Crippen molar-refractivity contribution >= 4 is 27.4 Å². The Morgan fingerprint density at radius 1 is 0.775 bits per heavy atom. The molecule has 208 valence electrons. The summed E-state index contributed by atoms with van der Waals surface area (Å²) in [5.74, 6) is 0. The predicted molar refractivity (Wildman–Crippen MR) is 173 cm³/mol. The first-order valence-electron chi connectivity index (χ1n) is 15.1. The van der Waals surface area contributed by atoms with Crippen molar-refractivity contribution in [3.8, 4) is 0 Å². The molecule has 2 heterocycles. The molecule has 40 heavy (non-hydrogen) atoms. The van der Waals surface area contributed by atoms with Gasteiger partial charge in [0.05, 0.1) is 0 Å². The highest BCUT2D eigenvalue weighted by molar-refractivity contribution is 5.89. The molecule has 0 amide bonds. The third-order valence-corrected chi connectivity index (χ3v) is 8.74. The summed E-state index contributed by atoms with van der Waals surface area (Å²) in [6.07, 6.45) is 13.9. The van der Waals surface area contributed by atoms with Gasteiger partial charge >= 0.3 is 0 Å². The number of aromatic nitrogens is 2. The second kappa shape index (κ2) is 12.7. The van der Waals surface area contributed by atoms with E-state index in [1.807, 2.05) is 0 Å². The number of nitrogens with one attached hydrogen (secondary N) is 2. The Hall–Kier alpha value is -3.56. The molecule has 0 aliphatic heterocycles. The molecule has 1 atom stereocenters. The molecule has 2 aromatic heterocycles. The number of hydrogen-bond acceptors (Lipinski definition) is 1. The van der Waals surface area contributed by atoms with Gasteiger partial charge in [0, 0.05) is 39.2 Å². The molecule has 0 radical (unpaired) electrons. The van der Waals surface area contributed by atoms with Crippen LogP contribution in [0.3, 0.4) is 0 Å². The van der Waals surface area contributed by atoms with E-state index in [0.29, 0.717) is 0 Å². The second-order valence-electron chi connectivity index (χ2n) is 11.6. The fraction of sp³-hybridized carbons (Fsp3) is 0.351. The molecule has 1 aliphatic rings. The maximum absolute atomic E-state index is 3.74. The molecule has 0 saturated heterocycles. The van der Waals surface area contributed by atoms with Crippen LogP contribution in [0.2, 0.25) is 0 Å². The molecule has 5 aromatic rings. The molecule has 6 rings (SSSR count). The number of H-pyrrole nitrogens is 2. The van der Waals surface area contributed by atoms with Gasteiger partial charge in [0.25, 0.3) is 0 Å². The van der Waals surface area contributed by atoms with E-state index in [0.717, 1.165) is 25.7 Å². The average Bonchev–Trinajstić information content (AvgIpc) is 3.56. The van der Waals surface area contributed by atoms with E-state index in [4.69, 9.17) is 0 Å². The first-order valence-corrected chi connectivity index (χ1v) is 15.1. The predicted octanol–water partition coefficient (Wildman–Crippen LogP) is 9.35. The molecule has 0 fully saturated rings. The molecular formula is C37H45N3. The smallest absolute Gasteiger partial charge is 0.0461 e. The van der Waals surface area contributed by atoms with Crippen LogP contribution in [0.15, 0.2) is 91.1 Å². The van der Waals surface area contributed by atoms with Gasteiger partial charge in [0.15, 0.2) is 0 Å². The van der Waals surface area contributed by atoms with Crippen molar-refractivity contribution in [1.29, 1.82) is 0 Å². The van der Waals surface area contributed by atoms with E-state index in [9.17, 15) is 0 Å². The Balaban J connectivity index is 0.000000223. The zero-order chi connectivity index (χ0) is 28.0. The molecule has 0 saturated carbocycles. The lowest BCUT2D eigenvalue weighted by atomic mass is 9.76. The van der Waals surface area contributed by atoms with Crippen LogP contribution in [0.1, 0.15) is 68.3 Å². The van der Waals surface area contributed by atoms with Crippen molar-refractivity contribution in [2.75, 3.05) is 14.1 Å². The fourth-order valence-corrected chi connectivity index (χ4v) is 6.40. The lowest BCUT2D eigenvalue weighted by Gasteiger charge is -2.42. The SMILES string of the molecule is CCCc1c(C2=CCC(Cc3ccccc3)(N(C)C)CC2)[nH]c2ccccc12.CCCc1c[nH]c2ccccc12.